The van der Waals surface area contributed by atoms with E-state index in [0.717, 1.165) is 25.0 Å². The van der Waals surface area contributed by atoms with Crippen LogP contribution >= 0.6 is 0 Å². The molecule has 0 spiro atoms. The Morgan fingerprint density at radius 3 is 2.68 bits per heavy atom. The topological polar surface area (TPSA) is 67.9 Å². The number of benzene rings is 2. The number of hydrogen-bond donors (Lipinski definition) is 0. The minimum absolute atomic E-state index is 0.126. The monoisotopic (exact) mass is 339 g/mol. The molecule has 0 unspecified atom stereocenters. The maximum atomic E-state index is 14.0. The van der Waals surface area contributed by atoms with E-state index in [-0.39, 0.29) is 17.4 Å². The van der Waals surface area contributed by atoms with Crippen LogP contribution in [0.4, 0.5) is 8.78 Å². The quantitative estimate of drug-likeness (QED) is 0.730. The first-order chi connectivity index (χ1) is 12.1. The molecule has 0 N–H and O–H groups in total. The van der Waals surface area contributed by atoms with Crippen LogP contribution < -0.4 is 10.3 Å². The minimum atomic E-state index is -0.877. The molecule has 5 nitrogen and oxygen atoms in total. The molecule has 0 bridgehead atoms. The second-order valence-electron chi connectivity index (χ2n) is 5.81. The number of halogens is 2. The largest absolute Gasteiger partial charge is 0.453 e. The minimum Gasteiger partial charge on any atom is -0.453 e. The van der Waals surface area contributed by atoms with Gasteiger partial charge in [0.2, 0.25) is 0 Å². The molecule has 0 atom stereocenters. The lowest BCUT2D eigenvalue weighted by Crippen LogP contribution is -2.19. The van der Waals surface area contributed by atoms with Crippen LogP contribution in [0.15, 0.2) is 41.5 Å². The van der Waals surface area contributed by atoms with Crippen molar-refractivity contribution < 1.29 is 13.5 Å². The summed E-state index contributed by atoms with van der Waals surface area (Å²) in [4.78, 5) is 16.8. The van der Waals surface area contributed by atoms with Crippen molar-refractivity contribution in [1.82, 2.24) is 9.55 Å². The number of hydrogen-bond acceptors (Lipinski definition) is 4. The summed E-state index contributed by atoms with van der Waals surface area (Å²) in [7, 11) is 0. The van der Waals surface area contributed by atoms with Gasteiger partial charge in [-0.3, -0.25) is 9.36 Å². The number of fused-ring (bicyclic) bond motifs is 1. The Bertz CT molecular complexity index is 1100. The second kappa shape index (κ2) is 5.67. The van der Waals surface area contributed by atoms with E-state index in [1.54, 1.807) is 16.7 Å². The zero-order valence-electron chi connectivity index (χ0n) is 12.9. The van der Waals surface area contributed by atoms with Crippen molar-refractivity contribution >= 4 is 10.9 Å². The maximum Gasteiger partial charge on any atom is 0.261 e. The van der Waals surface area contributed by atoms with Crippen molar-refractivity contribution in [1.29, 1.82) is 5.26 Å². The lowest BCUT2D eigenvalue weighted by atomic mass is 10.2. The Kier molecular flexibility index (Phi) is 3.46. The summed E-state index contributed by atoms with van der Waals surface area (Å²) >= 11 is 0. The van der Waals surface area contributed by atoms with Crippen LogP contribution in [0.3, 0.4) is 0 Å². The van der Waals surface area contributed by atoms with Crippen molar-refractivity contribution in [2.45, 2.75) is 18.9 Å². The summed E-state index contributed by atoms with van der Waals surface area (Å²) in [6.07, 6.45) is 3.38. The molecule has 0 radical (unpaired) electrons. The first kappa shape index (κ1) is 15.3. The van der Waals surface area contributed by atoms with Crippen LogP contribution in [0.5, 0.6) is 11.5 Å². The molecule has 1 aromatic heterocycles. The highest BCUT2D eigenvalue weighted by atomic mass is 19.1. The first-order valence-electron chi connectivity index (χ1n) is 7.65. The van der Waals surface area contributed by atoms with E-state index in [2.05, 4.69) is 4.98 Å². The summed E-state index contributed by atoms with van der Waals surface area (Å²) < 4.78 is 34.6. The maximum absolute atomic E-state index is 14.0. The Balaban J connectivity index is 1.81. The van der Waals surface area contributed by atoms with Gasteiger partial charge in [-0.2, -0.15) is 5.26 Å². The summed E-state index contributed by atoms with van der Waals surface area (Å²) in [5, 5.41) is 9.34. The molecule has 4 rings (SSSR count). The fraction of sp³-hybridized carbons (Fsp3) is 0.167. The zero-order chi connectivity index (χ0) is 17.6. The summed E-state index contributed by atoms with van der Waals surface area (Å²) in [6.45, 7) is 0. The lowest BCUT2D eigenvalue weighted by molar-refractivity contribution is 0.435. The molecule has 7 heteroatoms. The highest BCUT2D eigenvalue weighted by Gasteiger charge is 2.25. The van der Waals surface area contributed by atoms with E-state index in [1.165, 1.54) is 18.5 Å². The van der Waals surface area contributed by atoms with Gasteiger partial charge in [-0.25, -0.2) is 13.8 Å². The lowest BCUT2D eigenvalue weighted by Gasteiger charge is -2.10. The van der Waals surface area contributed by atoms with Gasteiger partial charge in [-0.05, 0) is 43.2 Å². The summed E-state index contributed by atoms with van der Waals surface area (Å²) in [6, 6.07) is 7.97. The zero-order valence-corrected chi connectivity index (χ0v) is 12.9. The van der Waals surface area contributed by atoms with E-state index in [9.17, 15) is 13.6 Å². The van der Waals surface area contributed by atoms with Crippen LogP contribution in [0.25, 0.3) is 10.9 Å². The molecule has 0 amide bonds. The van der Waals surface area contributed by atoms with Crippen molar-refractivity contribution in [2.75, 3.05) is 0 Å². The van der Waals surface area contributed by atoms with Crippen LogP contribution in [0, 0.1) is 23.0 Å². The number of nitriles is 1. The second-order valence-corrected chi connectivity index (χ2v) is 5.81. The number of rotatable bonds is 3. The first-order valence-corrected chi connectivity index (χ1v) is 7.65. The van der Waals surface area contributed by atoms with Gasteiger partial charge in [-0.15, -0.1) is 0 Å². The molecule has 3 aromatic rings. The Hall–Kier alpha value is -3.27. The van der Waals surface area contributed by atoms with Gasteiger partial charge in [0.1, 0.15) is 23.2 Å². The van der Waals surface area contributed by atoms with E-state index in [0.29, 0.717) is 10.9 Å². The SMILES string of the molecule is N#Cc1c(F)ccc(F)c1Oc1ccc2ncn(C3CC3)c(=O)c2c1. The summed E-state index contributed by atoms with van der Waals surface area (Å²) in [5.74, 6) is -2.12. The standard InChI is InChI=1S/C18H11F2N3O2/c19-14-4-5-15(20)17(13(14)8-21)25-11-3-6-16-12(7-11)18(24)23(9-22-16)10-1-2-10/h3-7,9-10H,1-2H2. The van der Waals surface area contributed by atoms with Gasteiger partial charge >= 0.3 is 0 Å². The molecule has 1 aliphatic rings. The fourth-order valence-electron chi connectivity index (χ4n) is 2.65. The van der Waals surface area contributed by atoms with E-state index >= 15 is 0 Å². The van der Waals surface area contributed by atoms with Crippen molar-refractivity contribution in [3.8, 4) is 17.6 Å². The summed E-state index contributed by atoms with van der Waals surface area (Å²) in [5.41, 5.74) is -0.255. The van der Waals surface area contributed by atoms with Crippen LogP contribution in [-0.2, 0) is 0 Å². The van der Waals surface area contributed by atoms with Gasteiger partial charge < -0.3 is 4.74 Å². The van der Waals surface area contributed by atoms with E-state index < -0.39 is 22.9 Å². The molecule has 1 fully saturated rings. The fourth-order valence-corrected chi connectivity index (χ4v) is 2.65. The Labute approximate surface area is 140 Å². The third-order valence-electron chi connectivity index (χ3n) is 4.08. The molecule has 0 saturated heterocycles. The highest BCUT2D eigenvalue weighted by molar-refractivity contribution is 5.79. The highest BCUT2D eigenvalue weighted by Crippen LogP contribution is 2.34. The number of ether oxygens (including phenoxy) is 1. The van der Waals surface area contributed by atoms with Crippen LogP contribution in [-0.4, -0.2) is 9.55 Å². The van der Waals surface area contributed by atoms with Gasteiger partial charge in [0.25, 0.3) is 5.56 Å². The molecule has 1 aliphatic carbocycles. The van der Waals surface area contributed by atoms with Crippen molar-refractivity contribution in [3.63, 3.8) is 0 Å². The molecule has 25 heavy (non-hydrogen) atoms. The van der Waals surface area contributed by atoms with Crippen LogP contribution in [0.2, 0.25) is 0 Å². The molecule has 1 heterocycles. The van der Waals surface area contributed by atoms with Crippen LogP contribution in [0.1, 0.15) is 24.4 Å². The smallest absolute Gasteiger partial charge is 0.261 e. The average Bonchev–Trinajstić information content (AvgIpc) is 3.44. The molecule has 1 saturated carbocycles. The molecule has 0 aliphatic heterocycles. The molecule has 124 valence electrons. The molecular formula is C18H11F2N3O2. The van der Waals surface area contributed by atoms with Crippen molar-refractivity contribution in [3.05, 3.63) is 64.2 Å². The third-order valence-corrected chi connectivity index (χ3v) is 4.08. The Morgan fingerprint density at radius 2 is 1.96 bits per heavy atom. The normalized spacial score (nSPS) is 13.6. The number of nitrogens with zero attached hydrogens (tertiary/aromatic N) is 3. The van der Waals surface area contributed by atoms with Gasteiger partial charge in [0.05, 0.1) is 17.2 Å². The molecular weight excluding hydrogens is 328 g/mol. The molecule has 2 aromatic carbocycles. The third kappa shape index (κ3) is 2.62. The van der Waals surface area contributed by atoms with E-state index in [1.807, 2.05) is 0 Å². The van der Waals surface area contributed by atoms with Gasteiger partial charge in [0, 0.05) is 6.04 Å². The average molecular weight is 339 g/mol. The van der Waals surface area contributed by atoms with Gasteiger partial charge in [-0.1, -0.05) is 0 Å². The van der Waals surface area contributed by atoms with Gasteiger partial charge in [0.15, 0.2) is 11.6 Å². The van der Waals surface area contributed by atoms with E-state index in [4.69, 9.17) is 10.00 Å². The predicted molar refractivity (Wildman–Crippen MR) is 85.4 cm³/mol. The number of aromatic nitrogens is 2. The van der Waals surface area contributed by atoms with Crippen molar-refractivity contribution in [2.24, 2.45) is 0 Å². The Morgan fingerprint density at radius 1 is 1.20 bits per heavy atom. The predicted octanol–water partition coefficient (Wildman–Crippen LogP) is 3.67.